The fourth-order valence-corrected chi connectivity index (χ4v) is 1.81. The van der Waals surface area contributed by atoms with Crippen LogP contribution in [0.5, 0.6) is 17.5 Å². The van der Waals surface area contributed by atoms with Gasteiger partial charge in [-0.05, 0) is 22.6 Å². The lowest BCUT2D eigenvalue weighted by Gasteiger charge is -2.12. The third-order valence-corrected chi connectivity index (χ3v) is 2.82. The molecule has 0 radical (unpaired) electrons. The van der Waals surface area contributed by atoms with Crippen molar-refractivity contribution < 1.29 is 19.0 Å². The van der Waals surface area contributed by atoms with Crippen LogP contribution in [0, 0.1) is 3.57 Å². The van der Waals surface area contributed by atoms with Crippen LogP contribution in [0.4, 0.5) is 0 Å². The molecular formula is C9H10INO4. The van der Waals surface area contributed by atoms with E-state index in [1.54, 1.807) is 0 Å². The molecule has 1 heterocycles. The van der Waals surface area contributed by atoms with Crippen LogP contribution in [0.3, 0.4) is 0 Å². The Morgan fingerprint density at radius 1 is 1.13 bits per heavy atom. The Balaban J connectivity index is 3.49. The molecule has 0 aromatic carbocycles. The van der Waals surface area contributed by atoms with Crippen molar-refractivity contribution >= 4 is 28.9 Å². The highest BCUT2D eigenvalue weighted by Gasteiger charge is 2.19. The van der Waals surface area contributed by atoms with E-state index in [9.17, 15) is 4.79 Å². The Labute approximate surface area is 101 Å². The number of methoxy groups -OCH3 is 3. The SMILES string of the molecule is COc1nc(OC)c(OC)c(C=O)c1I. The van der Waals surface area contributed by atoms with Gasteiger partial charge in [0.05, 0.1) is 30.5 Å². The van der Waals surface area contributed by atoms with Crippen molar-refractivity contribution in [3.8, 4) is 17.5 Å². The molecule has 82 valence electrons. The summed E-state index contributed by atoms with van der Waals surface area (Å²) in [4.78, 5) is 15.0. The quantitative estimate of drug-likeness (QED) is 0.621. The lowest BCUT2D eigenvalue weighted by atomic mass is 10.2. The number of aldehydes is 1. The minimum absolute atomic E-state index is 0.233. The zero-order valence-electron chi connectivity index (χ0n) is 8.54. The van der Waals surface area contributed by atoms with Gasteiger partial charge in [-0.25, -0.2) is 0 Å². The molecule has 0 bridgehead atoms. The van der Waals surface area contributed by atoms with E-state index >= 15 is 0 Å². The highest BCUT2D eigenvalue weighted by Crippen LogP contribution is 2.35. The van der Waals surface area contributed by atoms with Crippen LogP contribution in [-0.2, 0) is 0 Å². The maximum Gasteiger partial charge on any atom is 0.260 e. The minimum atomic E-state index is 0.233. The summed E-state index contributed by atoms with van der Waals surface area (Å²) in [5.41, 5.74) is 0.377. The number of ether oxygens (including phenoxy) is 3. The van der Waals surface area contributed by atoms with Crippen molar-refractivity contribution in [1.29, 1.82) is 0 Å². The van der Waals surface area contributed by atoms with Crippen LogP contribution >= 0.6 is 22.6 Å². The van der Waals surface area contributed by atoms with Gasteiger partial charge in [-0.15, -0.1) is 0 Å². The van der Waals surface area contributed by atoms with Gasteiger partial charge in [0.1, 0.15) is 0 Å². The Bertz CT molecular complexity index is 381. The molecule has 0 aliphatic carbocycles. The van der Waals surface area contributed by atoms with Crippen LogP contribution in [0.25, 0.3) is 0 Å². The second kappa shape index (κ2) is 5.15. The summed E-state index contributed by atoms with van der Waals surface area (Å²) < 4.78 is 15.7. The number of carbonyl (C=O) groups is 1. The Morgan fingerprint density at radius 3 is 2.13 bits per heavy atom. The summed E-state index contributed by atoms with van der Waals surface area (Å²) in [6.07, 6.45) is 0.688. The summed E-state index contributed by atoms with van der Waals surface area (Å²) in [5, 5.41) is 0. The molecule has 1 aromatic heterocycles. The molecule has 6 heteroatoms. The number of hydrogen-bond acceptors (Lipinski definition) is 5. The number of hydrogen-bond donors (Lipinski definition) is 0. The summed E-state index contributed by atoms with van der Waals surface area (Å²) in [7, 11) is 4.38. The van der Waals surface area contributed by atoms with Crippen molar-refractivity contribution in [3.63, 3.8) is 0 Å². The molecule has 1 aromatic rings. The van der Waals surface area contributed by atoms with Gasteiger partial charge < -0.3 is 14.2 Å². The molecule has 1 rings (SSSR count). The third kappa shape index (κ3) is 2.14. The molecule has 0 aliphatic rings. The van der Waals surface area contributed by atoms with Gasteiger partial charge in [0.15, 0.2) is 12.0 Å². The maximum absolute atomic E-state index is 10.9. The van der Waals surface area contributed by atoms with Gasteiger partial charge in [0.2, 0.25) is 5.88 Å². The van der Waals surface area contributed by atoms with Gasteiger partial charge >= 0.3 is 0 Å². The lowest BCUT2D eigenvalue weighted by molar-refractivity contribution is 0.111. The van der Waals surface area contributed by atoms with E-state index in [4.69, 9.17) is 14.2 Å². The third-order valence-electron chi connectivity index (χ3n) is 1.77. The first-order valence-electron chi connectivity index (χ1n) is 4.00. The topological polar surface area (TPSA) is 57.6 Å². The van der Waals surface area contributed by atoms with Gasteiger partial charge in [-0.2, -0.15) is 4.98 Å². The van der Waals surface area contributed by atoms with E-state index in [2.05, 4.69) is 4.98 Å². The summed E-state index contributed by atoms with van der Waals surface area (Å²) in [6, 6.07) is 0. The number of nitrogens with zero attached hydrogens (tertiary/aromatic N) is 1. The predicted molar refractivity (Wildman–Crippen MR) is 62.0 cm³/mol. The average Bonchev–Trinajstić information content (AvgIpc) is 2.28. The van der Waals surface area contributed by atoms with E-state index < -0.39 is 0 Å². The van der Waals surface area contributed by atoms with Crippen molar-refractivity contribution in [2.24, 2.45) is 0 Å². The van der Waals surface area contributed by atoms with Gasteiger partial charge in [-0.3, -0.25) is 4.79 Å². The second-order valence-electron chi connectivity index (χ2n) is 2.51. The van der Waals surface area contributed by atoms with E-state index in [1.807, 2.05) is 22.6 Å². The number of rotatable bonds is 4. The molecule has 0 fully saturated rings. The predicted octanol–water partition coefficient (Wildman–Crippen LogP) is 1.52. The molecule has 0 spiro atoms. The van der Waals surface area contributed by atoms with Crippen LogP contribution in [0.15, 0.2) is 0 Å². The molecule has 0 aliphatic heterocycles. The zero-order valence-corrected chi connectivity index (χ0v) is 10.7. The van der Waals surface area contributed by atoms with E-state index in [0.29, 0.717) is 27.0 Å². The standard InChI is InChI=1S/C9H10INO4/c1-13-7-5(4-12)6(10)8(14-2)11-9(7)15-3/h4H,1-3H3. The molecule has 0 amide bonds. The van der Waals surface area contributed by atoms with Crippen LogP contribution < -0.4 is 14.2 Å². The Kier molecular flexibility index (Phi) is 4.13. The summed E-state index contributed by atoms with van der Waals surface area (Å²) in [6.45, 7) is 0. The number of aromatic nitrogens is 1. The molecule has 0 N–H and O–H groups in total. The monoisotopic (exact) mass is 323 g/mol. The molecule has 5 nitrogen and oxygen atoms in total. The van der Waals surface area contributed by atoms with Crippen molar-refractivity contribution in [2.75, 3.05) is 21.3 Å². The van der Waals surface area contributed by atoms with E-state index in [0.717, 1.165) is 0 Å². The van der Waals surface area contributed by atoms with Gasteiger partial charge in [0, 0.05) is 0 Å². The van der Waals surface area contributed by atoms with E-state index in [1.165, 1.54) is 21.3 Å². The van der Waals surface area contributed by atoms with Gasteiger partial charge in [-0.1, -0.05) is 0 Å². The lowest BCUT2D eigenvalue weighted by Crippen LogP contribution is -2.03. The fraction of sp³-hybridized carbons (Fsp3) is 0.333. The molecule has 0 unspecified atom stereocenters. The van der Waals surface area contributed by atoms with Crippen LogP contribution in [0.2, 0.25) is 0 Å². The largest absolute Gasteiger partial charge is 0.491 e. The number of pyridine rings is 1. The first-order valence-corrected chi connectivity index (χ1v) is 5.08. The average molecular weight is 323 g/mol. The van der Waals surface area contributed by atoms with Crippen LogP contribution in [0.1, 0.15) is 10.4 Å². The van der Waals surface area contributed by atoms with E-state index in [-0.39, 0.29) is 5.88 Å². The fourth-order valence-electron chi connectivity index (χ4n) is 1.10. The number of halogens is 1. The van der Waals surface area contributed by atoms with Gasteiger partial charge in [0.25, 0.3) is 5.88 Å². The smallest absolute Gasteiger partial charge is 0.260 e. The first-order chi connectivity index (χ1) is 7.19. The second-order valence-corrected chi connectivity index (χ2v) is 3.59. The first kappa shape index (κ1) is 12.0. The Hall–Kier alpha value is -1.05. The van der Waals surface area contributed by atoms with Crippen molar-refractivity contribution in [1.82, 2.24) is 4.98 Å². The van der Waals surface area contributed by atoms with Crippen LogP contribution in [-0.4, -0.2) is 32.6 Å². The zero-order chi connectivity index (χ0) is 11.4. The summed E-state index contributed by atoms with van der Waals surface area (Å²) >= 11 is 1.97. The maximum atomic E-state index is 10.9. The van der Waals surface area contributed by atoms with Crippen molar-refractivity contribution in [3.05, 3.63) is 9.13 Å². The highest BCUT2D eigenvalue weighted by atomic mass is 127. The molecule has 15 heavy (non-hydrogen) atoms. The Morgan fingerprint density at radius 2 is 1.73 bits per heavy atom. The minimum Gasteiger partial charge on any atom is -0.491 e. The van der Waals surface area contributed by atoms with Crippen molar-refractivity contribution in [2.45, 2.75) is 0 Å². The normalized spacial score (nSPS) is 9.60. The molecule has 0 saturated carbocycles. The molecular weight excluding hydrogens is 313 g/mol. The summed E-state index contributed by atoms with van der Waals surface area (Å²) in [5.74, 6) is 0.893. The highest BCUT2D eigenvalue weighted by molar-refractivity contribution is 14.1. The number of carbonyl (C=O) groups excluding carboxylic acids is 1. The molecule has 0 atom stereocenters. The molecule has 0 saturated heterocycles.